The lowest BCUT2D eigenvalue weighted by atomic mass is 10.00. The molecule has 2 aromatic rings. The molecule has 1 aromatic heterocycles. The first-order valence-corrected chi connectivity index (χ1v) is 7.65. The number of rotatable bonds is 5. The number of pyridine rings is 1. The molecule has 0 bridgehead atoms. The fourth-order valence-electron chi connectivity index (χ4n) is 2.36. The van der Waals surface area contributed by atoms with Crippen LogP contribution in [0, 0.1) is 17.0 Å². The standard InChI is InChI=1S/C15H17BrN4O2/c1-3-10-6-4-5-9(2)11(10)8-18-15-14(20(21)22)12(17)7-13(16)19-15/h4-7H,3,8H2,1-2H3,(H3,17,18,19). The van der Waals surface area contributed by atoms with Crippen molar-refractivity contribution in [2.24, 2.45) is 0 Å². The largest absolute Gasteiger partial charge is 0.393 e. The second-order valence-corrected chi connectivity index (χ2v) is 5.72. The van der Waals surface area contributed by atoms with E-state index in [-0.39, 0.29) is 17.2 Å². The minimum Gasteiger partial charge on any atom is -0.393 e. The summed E-state index contributed by atoms with van der Waals surface area (Å²) in [5.41, 5.74) is 9.07. The second kappa shape index (κ2) is 6.74. The number of benzene rings is 1. The lowest BCUT2D eigenvalue weighted by Gasteiger charge is -2.13. The van der Waals surface area contributed by atoms with Gasteiger partial charge in [0.1, 0.15) is 10.3 Å². The topological polar surface area (TPSA) is 94.1 Å². The van der Waals surface area contributed by atoms with Gasteiger partial charge in [-0.05, 0) is 46.0 Å². The van der Waals surface area contributed by atoms with E-state index in [1.807, 2.05) is 19.1 Å². The van der Waals surface area contributed by atoms with E-state index in [9.17, 15) is 10.1 Å². The number of nitrogens with one attached hydrogen (secondary N) is 1. The number of nitrogen functional groups attached to an aromatic ring is 1. The molecular weight excluding hydrogens is 348 g/mol. The Morgan fingerprint density at radius 3 is 2.82 bits per heavy atom. The Labute approximate surface area is 137 Å². The number of nitro groups is 1. The van der Waals surface area contributed by atoms with Gasteiger partial charge < -0.3 is 11.1 Å². The molecule has 7 heteroatoms. The van der Waals surface area contributed by atoms with Gasteiger partial charge in [-0.25, -0.2) is 4.98 Å². The highest BCUT2D eigenvalue weighted by Crippen LogP contribution is 2.32. The van der Waals surface area contributed by atoms with Crippen LogP contribution in [0.1, 0.15) is 23.6 Å². The van der Waals surface area contributed by atoms with Gasteiger partial charge in [-0.3, -0.25) is 10.1 Å². The van der Waals surface area contributed by atoms with Gasteiger partial charge in [-0.1, -0.05) is 25.1 Å². The predicted octanol–water partition coefficient (Wildman–Crippen LogP) is 3.82. The highest BCUT2D eigenvalue weighted by Gasteiger charge is 2.21. The van der Waals surface area contributed by atoms with Crippen molar-refractivity contribution in [3.8, 4) is 0 Å². The van der Waals surface area contributed by atoms with E-state index in [1.54, 1.807) is 0 Å². The predicted molar refractivity (Wildman–Crippen MR) is 90.9 cm³/mol. The summed E-state index contributed by atoms with van der Waals surface area (Å²) in [6.45, 7) is 4.56. The highest BCUT2D eigenvalue weighted by molar-refractivity contribution is 9.10. The van der Waals surface area contributed by atoms with Crippen molar-refractivity contribution in [1.29, 1.82) is 0 Å². The average Bonchev–Trinajstić information content (AvgIpc) is 2.44. The third kappa shape index (κ3) is 3.36. The zero-order valence-electron chi connectivity index (χ0n) is 12.4. The minimum atomic E-state index is -0.518. The lowest BCUT2D eigenvalue weighted by molar-refractivity contribution is -0.383. The van der Waals surface area contributed by atoms with Gasteiger partial charge in [0, 0.05) is 12.6 Å². The molecular formula is C15H17BrN4O2. The number of nitrogens with zero attached hydrogens (tertiary/aromatic N) is 2. The molecule has 0 aliphatic carbocycles. The molecule has 1 aromatic carbocycles. The Morgan fingerprint density at radius 2 is 2.18 bits per heavy atom. The van der Waals surface area contributed by atoms with Crippen LogP contribution in [-0.2, 0) is 13.0 Å². The Balaban J connectivity index is 2.35. The average molecular weight is 365 g/mol. The van der Waals surface area contributed by atoms with Crippen LogP contribution in [-0.4, -0.2) is 9.91 Å². The molecule has 1 heterocycles. The van der Waals surface area contributed by atoms with E-state index in [1.165, 1.54) is 11.6 Å². The monoisotopic (exact) mass is 364 g/mol. The number of aromatic nitrogens is 1. The maximum absolute atomic E-state index is 11.2. The fourth-order valence-corrected chi connectivity index (χ4v) is 2.78. The van der Waals surface area contributed by atoms with Gasteiger partial charge in [0.05, 0.1) is 4.92 Å². The van der Waals surface area contributed by atoms with E-state index < -0.39 is 4.92 Å². The van der Waals surface area contributed by atoms with Crippen molar-refractivity contribution >= 4 is 33.1 Å². The van der Waals surface area contributed by atoms with Crippen LogP contribution in [0.25, 0.3) is 0 Å². The first kappa shape index (κ1) is 16.2. The molecule has 0 aliphatic heterocycles. The van der Waals surface area contributed by atoms with Crippen molar-refractivity contribution in [3.05, 3.63) is 55.7 Å². The number of halogens is 1. The number of aryl methyl sites for hydroxylation is 2. The van der Waals surface area contributed by atoms with E-state index in [0.717, 1.165) is 17.5 Å². The van der Waals surface area contributed by atoms with Crippen LogP contribution < -0.4 is 11.1 Å². The van der Waals surface area contributed by atoms with Gasteiger partial charge >= 0.3 is 5.69 Å². The third-order valence-electron chi connectivity index (χ3n) is 3.49. The first-order chi connectivity index (χ1) is 10.4. The Morgan fingerprint density at radius 1 is 1.45 bits per heavy atom. The molecule has 116 valence electrons. The summed E-state index contributed by atoms with van der Waals surface area (Å²) in [6.07, 6.45) is 0.898. The van der Waals surface area contributed by atoms with Gasteiger partial charge in [-0.15, -0.1) is 0 Å². The van der Waals surface area contributed by atoms with E-state index in [4.69, 9.17) is 5.73 Å². The van der Waals surface area contributed by atoms with Crippen LogP contribution in [0.2, 0.25) is 0 Å². The third-order valence-corrected chi connectivity index (χ3v) is 3.90. The van der Waals surface area contributed by atoms with Gasteiger partial charge in [0.2, 0.25) is 5.82 Å². The highest BCUT2D eigenvalue weighted by atomic mass is 79.9. The zero-order chi connectivity index (χ0) is 16.3. The Kier molecular flexibility index (Phi) is 4.97. The summed E-state index contributed by atoms with van der Waals surface area (Å²) in [4.78, 5) is 14.8. The van der Waals surface area contributed by atoms with Crippen molar-refractivity contribution in [2.45, 2.75) is 26.8 Å². The molecule has 0 atom stereocenters. The molecule has 0 aliphatic rings. The summed E-state index contributed by atoms with van der Waals surface area (Å²) in [7, 11) is 0. The Hall–Kier alpha value is -2.15. The van der Waals surface area contributed by atoms with Gasteiger partial charge in [0.15, 0.2) is 0 Å². The van der Waals surface area contributed by atoms with Crippen LogP contribution in [0.4, 0.5) is 17.2 Å². The summed E-state index contributed by atoms with van der Waals surface area (Å²) in [5, 5.41) is 14.2. The van der Waals surface area contributed by atoms with Crippen LogP contribution in [0.5, 0.6) is 0 Å². The molecule has 0 spiro atoms. The summed E-state index contributed by atoms with van der Waals surface area (Å²) >= 11 is 3.21. The SMILES string of the molecule is CCc1cccc(C)c1CNc1nc(Br)cc(N)c1[N+](=O)[O-]. The van der Waals surface area contributed by atoms with Crippen molar-refractivity contribution < 1.29 is 4.92 Å². The molecule has 22 heavy (non-hydrogen) atoms. The van der Waals surface area contributed by atoms with Crippen LogP contribution in [0.3, 0.4) is 0 Å². The van der Waals surface area contributed by atoms with E-state index in [0.29, 0.717) is 11.1 Å². The number of anilines is 2. The lowest BCUT2D eigenvalue weighted by Crippen LogP contribution is -2.09. The zero-order valence-corrected chi connectivity index (χ0v) is 14.0. The summed E-state index contributed by atoms with van der Waals surface area (Å²) in [6, 6.07) is 7.51. The first-order valence-electron chi connectivity index (χ1n) is 6.85. The number of hydrogen-bond acceptors (Lipinski definition) is 5. The molecule has 0 amide bonds. The molecule has 0 saturated carbocycles. The molecule has 3 N–H and O–H groups in total. The number of hydrogen-bond donors (Lipinski definition) is 2. The van der Waals surface area contributed by atoms with E-state index >= 15 is 0 Å². The van der Waals surface area contributed by atoms with Gasteiger partial charge in [-0.2, -0.15) is 0 Å². The molecule has 0 saturated heterocycles. The Bertz CT molecular complexity index is 719. The maximum atomic E-state index is 11.2. The number of nitrogens with two attached hydrogens (primary N) is 1. The normalized spacial score (nSPS) is 10.5. The summed E-state index contributed by atoms with van der Waals surface area (Å²) < 4.78 is 0.457. The molecule has 0 fully saturated rings. The second-order valence-electron chi connectivity index (χ2n) is 4.91. The van der Waals surface area contributed by atoms with Crippen LogP contribution in [0.15, 0.2) is 28.9 Å². The fraction of sp³-hybridized carbons (Fsp3) is 0.267. The van der Waals surface area contributed by atoms with Crippen molar-refractivity contribution in [2.75, 3.05) is 11.1 Å². The van der Waals surface area contributed by atoms with E-state index in [2.05, 4.69) is 39.2 Å². The molecule has 0 radical (unpaired) electrons. The molecule has 0 unspecified atom stereocenters. The summed E-state index contributed by atoms with van der Waals surface area (Å²) in [5.74, 6) is 0.169. The quantitative estimate of drug-likeness (QED) is 0.477. The van der Waals surface area contributed by atoms with Crippen molar-refractivity contribution in [1.82, 2.24) is 4.98 Å². The van der Waals surface area contributed by atoms with Crippen LogP contribution >= 0.6 is 15.9 Å². The smallest absolute Gasteiger partial charge is 0.334 e. The van der Waals surface area contributed by atoms with Gasteiger partial charge in [0.25, 0.3) is 0 Å². The molecule has 2 rings (SSSR count). The van der Waals surface area contributed by atoms with Crippen molar-refractivity contribution in [3.63, 3.8) is 0 Å². The molecule has 6 nitrogen and oxygen atoms in total. The maximum Gasteiger partial charge on any atom is 0.334 e. The minimum absolute atomic E-state index is 0.0786.